The predicted octanol–water partition coefficient (Wildman–Crippen LogP) is 1.16. The molecule has 0 saturated carbocycles. The molecule has 2 heterocycles. The van der Waals surface area contributed by atoms with E-state index in [0.29, 0.717) is 0 Å². The van der Waals surface area contributed by atoms with Gasteiger partial charge in [-0.25, -0.2) is 28.8 Å². The molecule has 0 bridgehead atoms. The van der Waals surface area contributed by atoms with Gasteiger partial charge in [0.1, 0.15) is 0 Å². The number of hydrogen-bond donors (Lipinski definition) is 0. The summed E-state index contributed by atoms with van der Waals surface area (Å²) in [4.78, 5) is 66.2. The highest BCUT2D eigenvalue weighted by Gasteiger charge is 2.52. The Balaban J connectivity index is 1.84. The molecule has 2 aliphatic heterocycles. The van der Waals surface area contributed by atoms with Crippen LogP contribution in [0.15, 0.2) is 30.7 Å². The van der Waals surface area contributed by atoms with Crippen molar-refractivity contribution in [2.24, 2.45) is 30.7 Å². The van der Waals surface area contributed by atoms with Gasteiger partial charge < -0.3 is 22.7 Å². The first kappa shape index (κ1) is 19.0. The van der Waals surface area contributed by atoms with Crippen molar-refractivity contribution < 1.29 is 51.5 Å². The topological polar surface area (TPSA) is 232 Å². The van der Waals surface area contributed by atoms with Gasteiger partial charge in [0.2, 0.25) is 0 Å². The predicted molar refractivity (Wildman–Crippen MR) is 65.0 cm³/mol. The van der Waals surface area contributed by atoms with E-state index in [1.165, 1.54) is 0 Å². The van der Waals surface area contributed by atoms with Crippen LogP contribution in [-0.4, -0.2) is 66.9 Å². The molecule has 0 atom stereocenters. The quantitative estimate of drug-likeness (QED) is 0.467. The lowest BCUT2D eigenvalue weighted by molar-refractivity contribution is 0.139. The van der Waals surface area contributed by atoms with E-state index in [0.717, 1.165) is 0 Å². The molecule has 18 nitrogen and oxygen atoms in total. The smallest absolute Gasteiger partial charge is 0.531 e. The van der Waals surface area contributed by atoms with Gasteiger partial charge in [0.15, 0.2) is 0 Å². The third-order valence-corrected chi connectivity index (χ3v) is 4.19. The molecule has 0 fully saturated rings. The Morgan fingerprint density at radius 1 is 0.654 bits per heavy atom. The minimum Gasteiger partial charge on any atom is -0.531 e. The second-order valence-corrected chi connectivity index (χ2v) is 6.05. The van der Waals surface area contributed by atoms with Crippen molar-refractivity contribution in [2.75, 3.05) is 0 Å². The SMILES string of the molecule is O=C1N=NC(=O)[O][Al]([O]C(=O)N=NC(=O)[O][Al]2[O]C(=O)N=NC(=O)[O]2)[O]1. The Kier molecular flexibility index (Phi) is 6.35. The van der Waals surface area contributed by atoms with Crippen molar-refractivity contribution in [1.82, 2.24) is 0 Å². The normalized spacial score (nSPS) is 16.9. The number of nitrogens with zero attached hydrogens (tertiary/aromatic N) is 6. The second kappa shape index (κ2) is 8.69. The van der Waals surface area contributed by atoms with Crippen LogP contribution in [0.3, 0.4) is 0 Å². The van der Waals surface area contributed by atoms with Gasteiger partial charge in [-0.3, -0.25) is 0 Å². The Bertz CT molecular complexity index is 661. The minimum absolute atomic E-state index is 1.35. The lowest BCUT2D eigenvalue weighted by atomic mass is 11.2. The van der Waals surface area contributed by atoms with Crippen molar-refractivity contribution in [3.8, 4) is 0 Å². The Labute approximate surface area is 149 Å². The monoisotopic (exact) mass is 402 g/mol. The summed E-state index contributed by atoms with van der Waals surface area (Å²) < 4.78 is 26.0. The summed E-state index contributed by atoms with van der Waals surface area (Å²) in [5.74, 6) is 0. The molecule has 0 aromatic carbocycles. The van der Waals surface area contributed by atoms with Crippen molar-refractivity contribution >= 4 is 66.9 Å². The van der Waals surface area contributed by atoms with Crippen LogP contribution in [0.1, 0.15) is 0 Å². The third-order valence-electron chi connectivity index (χ3n) is 1.82. The maximum absolute atomic E-state index is 11.3. The highest BCUT2D eigenvalue weighted by Crippen LogP contribution is 2.07. The minimum atomic E-state index is -3.66. The molecule has 2 rings (SSSR count). The molecular weight excluding hydrogens is 402 g/mol. The van der Waals surface area contributed by atoms with E-state index in [4.69, 9.17) is 0 Å². The largest absolute Gasteiger partial charge is 1.21 e. The van der Waals surface area contributed by atoms with Crippen LogP contribution in [-0.2, 0) is 22.7 Å². The molecule has 0 aromatic heterocycles. The summed E-state index contributed by atoms with van der Waals surface area (Å²) in [6.45, 7) is 0. The first-order chi connectivity index (χ1) is 12.3. The third kappa shape index (κ3) is 6.29. The van der Waals surface area contributed by atoms with Crippen molar-refractivity contribution in [1.29, 1.82) is 0 Å². The molecule has 0 spiro atoms. The zero-order valence-electron chi connectivity index (χ0n) is 11.7. The molecule has 0 aromatic rings. The standard InChI is InChI=1S/3C2H2N2O4.2Al/c3*5-1(6)3-4-2(7)8;;/h3*(H,5,6)(H,7,8);;/q;;;2*+3/p-6. The summed E-state index contributed by atoms with van der Waals surface area (Å²) in [5, 5.41) is 16.3. The van der Waals surface area contributed by atoms with E-state index in [9.17, 15) is 28.8 Å². The van der Waals surface area contributed by atoms with Crippen LogP contribution < -0.4 is 0 Å². The number of carbonyl (C=O) groups is 6. The maximum atomic E-state index is 11.3. The number of rotatable bonds is 2. The number of carbonyl (C=O) groups excluding carboxylic acids is 6. The summed E-state index contributed by atoms with van der Waals surface area (Å²) >= 11 is -7.33. The average Bonchev–Trinajstić information content (AvgIpc) is 2.81. The Morgan fingerprint density at radius 3 is 1.19 bits per heavy atom. The fourth-order valence-corrected chi connectivity index (χ4v) is 2.58. The van der Waals surface area contributed by atoms with Crippen LogP contribution in [0.5, 0.6) is 0 Å². The zero-order chi connectivity index (χ0) is 19.1. The van der Waals surface area contributed by atoms with Crippen LogP contribution in [0.4, 0.5) is 28.8 Å². The fraction of sp³-hybridized carbons (Fsp3) is 0. The van der Waals surface area contributed by atoms with Crippen molar-refractivity contribution in [2.45, 2.75) is 0 Å². The Hall–Kier alpha value is -3.32. The molecular formula is C6Al2N6O12. The van der Waals surface area contributed by atoms with E-state index in [-0.39, 0.29) is 0 Å². The van der Waals surface area contributed by atoms with Gasteiger partial charge in [-0.15, -0.1) is 0 Å². The lowest BCUT2D eigenvalue weighted by Crippen LogP contribution is -2.31. The summed E-state index contributed by atoms with van der Waals surface area (Å²) in [5.41, 5.74) is 0. The van der Waals surface area contributed by atoms with E-state index in [1.807, 2.05) is 0 Å². The van der Waals surface area contributed by atoms with Crippen molar-refractivity contribution in [3.63, 3.8) is 0 Å². The second-order valence-electron chi connectivity index (χ2n) is 3.48. The van der Waals surface area contributed by atoms with Gasteiger partial charge in [0.25, 0.3) is 0 Å². The van der Waals surface area contributed by atoms with Gasteiger partial charge in [-0.2, -0.15) is 0 Å². The molecule has 0 unspecified atom stereocenters. The molecule has 0 radical (unpaired) electrons. The number of amides is 6. The molecule has 6 amide bonds. The molecule has 26 heavy (non-hydrogen) atoms. The molecule has 132 valence electrons. The van der Waals surface area contributed by atoms with Crippen LogP contribution in [0, 0.1) is 0 Å². The van der Waals surface area contributed by atoms with Gasteiger partial charge >= 0.3 is 66.9 Å². The highest BCUT2D eigenvalue weighted by atomic mass is 27.3. The van der Waals surface area contributed by atoms with Crippen LogP contribution in [0.2, 0.25) is 0 Å². The van der Waals surface area contributed by atoms with Gasteiger partial charge in [-0.1, -0.05) is 30.7 Å². The van der Waals surface area contributed by atoms with E-state index in [1.54, 1.807) is 0 Å². The molecule has 20 heteroatoms. The fourth-order valence-electron chi connectivity index (χ4n) is 1.02. The highest BCUT2D eigenvalue weighted by molar-refractivity contribution is 6.44. The zero-order valence-corrected chi connectivity index (χ0v) is 14.0. The maximum Gasteiger partial charge on any atom is 1.21 e. The molecule has 0 saturated heterocycles. The molecule has 0 aliphatic carbocycles. The van der Waals surface area contributed by atoms with E-state index >= 15 is 0 Å². The van der Waals surface area contributed by atoms with Crippen LogP contribution >= 0.6 is 0 Å². The molecule has 2 aliphatic rings. The molecule has 0 N–H and O–H groups in total. The summed E-state index contributed by atoms with van der Waals surface area (Å²) in [7, 11) is 0. The summed E-state index contributed by atoms with van der Waals surface area (Å²) in [6, 6.07) is 0. The average molecular weight is 402 g/mol. The first-order valence-corrected chi connectivity index (χ1v) is 8.63. The van der Waals surface area contributed by atoms with E-state index < -0.39 is 66.9 Å². The number of azo groups is 3. The van der Waals surface area contributed by atoms with Crippen LogP contribution in [0.25, 0.3) is 0 Å². The first-order valence-electron chi connectivity index (χ1n) is 5.81. The number of hydrogen-bond acceptors (Lipinski definition) is 12. The van der Waals surface area contributed by atoms with Gasteiger partial charge in [-0.05, 0) is 0 Å². The van der Waals surface area contributed by atoms with E-state index in [2.05, 4.69) is 53.4 Å². The lowest BCUT2D eigenvalue weighted by Gasteiger charge is -2.05. The van der Waals surface area contributed by atoms with Gasteiger partial charge in [0.05, 0.1) is 0 Å². The Morgan fingerprint density at radius 2 is 0.923 bits per heavy atom. The summed E-state index contributed by atoms with van der Waals surface area (Å²) in [6.07, 6.45) is -8.62. The van der Waals surface area contributed by atoms with Gasteiger partial charge in [0, 0.05) is 0 Å². The van der Waals surface area contributed by atoms with Crippen molar-refractivity contribution in [3.05, 3.63) is 0 Å².